The van der Waals surface area contributed by atoms with E-state index >= 15 is 0 Å². The van der Waals surface area contributed by atoms with Crippen molar-refractivity contribution in [2.75, 3.05) is 5.32 Å². The third-order valence-corrected chi connectivity index (χ3v) is 7.85. The number of Topliss-reactive ketones (excluding diaryl/α,β-unsaturated/α-hetero) is 1. The van der Waals surface area contributed by atoms with Gasteiger partial charge in [0.15, 0.2) is 15.6 Å². The van der Waals surface area contributed by atoms with Crippen molar-refractivity contribution in [3.05, 3.63) is 52.3 Å². The molecule has 3 rings (SSSR count). The first kappa shape index (κ1) is 21.3. The summed E-state index contributed by atoms with van der Waals surface area (Å²) in [6, 6.07) is 6.95. The zero-order chi connectivity index (χ0) is 21.2. The summed E-state index contributed by atoms with van der Waals surface area (Å²) in [7, 11) is -3.21. The van der Waals surface area contributed by atoms with E-state index in [0.717, 1.165) is 32.1 Å². The lowest BCUT2D eigenvalue weighted by molar-refractivity contribution is 0.101. The summed E-state index contributed by atoms with van der Waals surface area (Å²) < 4.78 is 25.5. The quantitative estimate of drug-likeness (QED) is 0.685. The van der Waals surface area contributed by atoms with E-state index in [1.54, 1.807) is 38.1 Å². The normalized spacial score (nSPS) is 15.3. The van der Waals surface area contributed by atoms with Crippen molar-refractivity contribution >= 4 is 27.2 Å². The molecule has 0 radical (unpaired) electrons. The topological polar surface area (TPSA) is 96.1 Å². The number of carbonyl (C=O) groups excluding carboxylic acids is 2. The van der Waals surface area contributed by atoms with Gasteiger partial charge in [-0.3, -0.25) is 9.59 Å². The summed E-state index contributed by atoms with van der Waals surface area (Å²) in [6.07, 6.45) is 4.52. The lowest BCUT2D eigenvalue weighted by Crippen LogP contribution is -2.25. The van der Waals surface area contributed by atoms with Crippen LogP contribution in [0.4, 0.5) is 5.69 Å². The van der Waals surface area contributed by atoms with Crippen molar-refractivity contribution in [1.29, 1.82) is 0 Å². The van der Waals surface area contributed by atoms with Crippen LogP contribution in [0, 0.1) is 13.8 Å². The Hall–Kier alpha value is -2.41. The van der Waals surface area contributed by atoms with Crippen LogP contribution < -0.4 is 5.32 Å². The molecule has 2 N–H and O–H groups in total. The number of benzene rings is 1. The number of rotatable bonds is 6. The van der Waals surface area contributed by atoms with Gasteiger partial charge in [0.05, 0.1) is 11.0 Å². The number of aromatic nitrogens is 1. The van der Waals surface area contributed by atoms with Crippen LogP contribution in [0.5, 0.6) is 0 Å². The number of hydrogen-bond donors (Lipinski definition) is 2. The van der Waals surface area contributed by atoms with Crippen molar-refractivity contribution in [2.24, 2.45) is 0 Å². The minimum Gasteiger partial charge on any atom is -0.354 e. The van der Waals surface area contributed by atoms with Gasteiger partial charge >= 0.3 is 0 Å². The lowest BCUT2D eigenvalue weighted by atomic mass is 10.0. The smallest absolute Gasteiger partial charge is 0.272 e. The summed E-state index contributed by atoms with van der Waals surface area (Å²) in [5.41, 5.74) is 3.34. The van der Waals surface area contributed by atoms with Crippen LogP contribution in [0.15, 0.2) is 24.3 Å². The molecular weight excluding hydrogens is 388 g/mol. The molecule has 7 heteroatoms. The molecule has 0 saturated heterocycles. The maximum absolute atomic E-state index is 12.7. The van der Waals surface area contributed by atoms with Crippen LogP contribution in [-0.4, -0.2) is 30.3 Å². The van der Waals surface area contributed by atoms with Crippen molar-refractivity contribution in [2.45, 2.75) is 63.9 Å². The average Bonchev–Trinajstić information content (AvgIpc) is 2.97. The van der Waals surface area contributed by atoms with Gasteiger partial charge in [0.25, 0.3) is 5.91 Å². The molecule has 0 atom stereocenters. The zero-order valence-corrected chi connectivity index (χ0v) is 18.0. The summed E-state index contributed by atoms with van der Waals surface area (Å²) >= 11 is 0. The predicted molar refractivity (Wildman–Crippen MR) is 114 cm³/mol. The molecule has 1 amide bonds. The second-order valence-electron chi connectivity index (χ2n) is 7.90. The largest absolute Gasteiger partial charge is 0.354 e. The third-order valence-electron chi connectivity index (χ3n) is 5.63. The average molecular weight is 417 g/mol. The van der Waals surface area contributed by atoms with Gasteiger partial charge in [-0.05, 0) is 56.9 Å². The van der Waals surface area contributed by atoms with Gasteiger partial charge in [0, 0.05) is 16.9 Å². The van der Waals surface area contributed by atoms with Crippen molar-refractivity contribution < 1.29 is 18.0 Å². The Labute approximate surface area is 172 Å². The van der Waals surface area contributed by atoms with E-state index < -0.39 is 9.84 Å². The van der Waals surface area contributed by atoms with Crippen LogP contribution >= 0.6 is 0 Å². The van der Waals surface area contributed by atoms with E-state index in [-0.39, 0.29) is 22.7 Å². The number of ketones is 1. The number of aryl methyl sites for hydroxylation is 1. The Morgan fingerprint density at radius 3 is 2.45 bits per heavy atom. The van der Waals surface area contributed by atoms with Crippen LogP contribution in [0.25, 0.3) is 0 Å². The van der Waals surface area contributed by atoms with E-state index in [9.17, 15) is 18.0 Å². The van der Waals surface area contributed by atoms with Gasteiger partial charge in [-0.25, -0.2) is 8.42 Å². The highest BCUT2D eigenvalue weighted by molar-refractivity contribution is 7.91. The molecule has 1 aliphatic carbocycles. The number of nitrogens with one attached hydrogen (secondary N) is 2. The Bertz CT molecular complexity index is 1030. The Kier molecular flexibility index (Phi) is 6.27. The molecule has 1 aromatic carbocycles. The summed E-state index contributed by atoms with van der Waals surface area (Å²) in [5.74, 6) is -0.466. The number of sulfone groups is 1. The van der Waals surface area contributed by atoms with E-state index in [0.29, 0.717) is 33.8 Å². The molecule has 0 spiro atoms. The van der Waals surface area contributed by atoms with Gasteiger partial charge in [-0.15, -0.1) is 0 Å². The third kappa shape index (κ3) is 4.78. The van der Waals surface area contributed by atoms with Gasteiger partial charge in [-0.1, -0.05) is 31.4 Å². The minimum atomic E-state index is -3.21. The van der Waals surface area contributed by atoms with Gasteiger partial charge in [0.1, 0.15) is 5.69 Å². The molecule has 0 bridgehead atoms. The van der Waals surface area contributed by atoms with Gasteiger partial charge < -0.3 is 10.3 Å². The van der Waals surface area contributed by atoms with Crippen LogP contribution in [0.2, 0.25) is 0 Å². The fourth-order valence-electron chi connectivity index (χ4n) is 4.21. The highest BCUT2D eigenvalue weighted by Gasteiger charge is 2.27. The maximum atomic E-state index is 12.7. The van der Waals surface area contributed by atoms with E-state index in [1.807, 2.05) is 0 Å². The maximum Gasteiger partial charge on any atom is 0.272 e. The molecule has 0 unspecified atom stereocenters. The molecule has 29 heavy (non-hydrogen) atoms. The summed E-state index contributed by atoms with van der Waals surface area (Å²) in [5, 5.41) is 2.55. The molecule has 0 aliphatic heterocycles. The molecule has 1 aromatic heterocycles. The molecule has 156 valence electrons. The van der Waals surface area contributed by atoms with Crippen molar-refractivity contribution in [3.8, 4) is 0 Å². The zero-order valence-electron chi connectivity index (χ0n) is 17.2. The molecular formula is C22H28N2O4S. The number of amides is 1. The van der Waals surface area contributed by atoms with Gasteiger partial charge in [0.2, 0.25) is 0 Å². The number of anilines is 1. The van der Waals surface area contributed by atoms with Crippen molar-refractivity contribution in [3.63, 3.8) is 0 Å². The van der Waals surface area contributed by atoms with Crippen molar-refractivity contribution in [1.82, 2.24) is 4.98 Å². The number of aromatic amines is 1. The number of H-pyrrole nitrogens is 1. The highest BCUT2D eigenvalue weighted by Crippen LogP contribution is 2.27. The number of carbonyl (C=O) groups is 2. The molecule has 2 aromatic rings. The fraction of sp³-hybridized carbons (Fsp3) is 0.455. The monoisotopic (exact) mass is 416 g/mol. The first-order valence-corrected chi connectivity index (χ1v) is 11.7. The molecule has 1 aliphatic rings. The van der Waals surface area contributed by atoms with E-state index in [1.165, 1.54) is 6.92 Å². The first-order valence-electron chi connectivity index (χ1n) is 10.0. The fourth-order valence-corrected chi connectivity index (χ4v) is 6.14. The summed E-state index contributed by atoms with van der Waals surface area (Å²) in [6.45, 7) is 4.97. The van der Waals surface area contributed by atoms with E-state index in [4.69, 9.17) is 0 Å². The number of hydrogen-bond acceptors (Lipinski definition) is 4. The second kappa shape index (κ2) is 8.53. The highest BCUT2D eigenvalue weighted by atomic mass is 32.2. The summed E-state index contributed by atoms with van der Waals surface area (Å²) in [4.78, 5) is 27.5. The van der Waals surface area contributed by atoms with Crippen LogP contribution in [0.1, 0.15) is 76.7 Å². The molecule has 1 heterocycles. The van der Waals surface area contributed by atoms with Gasteiger partial charge in [-0.2, -0.15) is 0 Å². The van der Waals surface area contributed by atoms with Crippen LogP contribution in [-0.2, 0) is 15.6 Å². The molecule has 1 saturated carbocycles. The van der Waals surface area contributed by atoms with Crippen LogP contribution in [0.3, 0.4) is 0 Å². The standard InChI is InChI=1S/C22H28N2O4S/c1-14-20(16(3)25)15(2)23-21(14)22(26)24-18-9-7-8-17(12-18)13-29(27,28)19-10-5-4-6-11-19/h7-9,12,19,23H,4-6,10-11,13H2,1-3H3,(H,24,26). The first-order chi connectivity index (χ1) is 13.7. The minimum absolute atomic E-state index is 0.0174. The molecule has 1 fully saturated rings. The Morgan fingerprint density at radius 1 is 1.14 bits per heavy atom. The second-order valence-corrected chi connectivity index (χ2v) is 10.2. The molecule has 6 nitrogen and oxygen atoms in total. The Morgan fingerprint density at radius 2 is 1.83 bits per heavy atom. The SMILES string of the molecule is CC(=O)c1c(C)[nH]c(C(=O)Nc2cccc(CS(=O)(=O)C3CCCCC3)c2)c1C. The van der Waals surface area contributed by atoms with E-state index in [2.05, 4.69) is 10.3 Å². The Balaban J connectivity index is 1.75. The predicted octanol–water partition coefficient (Wildman–Crippen LogP) is 4.33. The lowest BCUT2D eigenvalue weighted by Gasteiger charge is -2.21.